The summed E-state index contributed by atoms with van der Waals surface area (Å²) >= 11 is 0. The molecule has 1 unspecified atom stereocenters. The van der Waals surface area contributed by atoms with Gasteiger partial charge in [-0.3, -0.25) is 4.79 Å². The van der Waals surface area contributed by atoms with Crippen molar-refractivity contribution < 1.29 is 47.6 Å². The molecule has 45 heavy (non-hydrogen) atoms. The van der Waals surface area contributed by atoms with Crippen molar-refractivity contribution in [2.75, 3.05) is 33.4 Å². The lowest BCUT2D eigenvalue weighted by atomic mass is 10.1. The summed E-state index contributed by atoms with van der Waals surface area (Å²) < 4.78 is 32.4. The zero-order valence-electron chi connectivity index (χ0n) is 24.1. The highest BCUT2D eigenvalue weighted by molar-refractivity contribution is 5.98. The monoisotopic (exact) mass is 615 g/mol. The number of carbonyl (C=O) groups is 3. The molecule has 0 amide bonds. The summed E-state index contributed by atoms with van der Waals surface area (Å²) in [4.78, 5) is 49.3. The standard InChI is InChI=1S/C33H29NO11/c1-40-29(38)19-42-23-9-7-20(8-10-23)13-14-34-17-22(35)18-41-24-15-25-30-26(16-24)44-32(21-5-3-2-4-6-21)33(31(30)39)45-28(37)12-11-27(36)43-25/h2-12,15-16,22,34-35H,13-14,17-19H2,1H3/b12-11-. The van der Waals surface area contributed by atoms with E-state index < -0.39 is 29.4 Å². The van der Waals surface area contributed by atoms with E-state index in [-0.39, 0.29) is 53.7 Å². The Morgan fingerprint density at radius 2 is 1.64 bits per heavy atom. The van der Waals surface area contributed by atoms with Crippen LogP contribution in [-0.4, -0.2) is 62.5 Å². The first-order chi connectivity index (χ1) is 21.8. The quantitative estimate of drug-likeness (QED) is 0.136. The lowest BCUT2D eigenvalue weighted by Gasteiger charge is -2.16. The number of aliphatic hydroxyl groups is 1. The molecule has 1 aliphatic heterocycles. The van der Waals surface area contributed by atoms with Crippen molar-refractivity contribution in [3.05, 3.63) is 94.7 Å². The van der Waals surface area contributed by atoms with Gasteiger partial charge in [0.2, 0.25) is 11.2 Å². The first kappa shape index (κ1) is 31.0. The number of esters is 3. The maximum absolute atomic E-state index is 13.5. The Labute approximate surface area is 256 Å². The summed E-state index contributed by atoms with van der Waals surface area (Å²) in [6.45, 7) is 0.511. The van der Waals surface area contributed by atoms with Gasteiger partial charge in [-0.15, -0.1) is 0 Å². The number of hydrogen-bond donors (Lipinski definition) is 2. The number of ether oxygens (including phenoxy) is 5. The van der Waals surface area contributed by atoms with Gasteiger partial charge in [0.25, 0.3) is 0 Å². The van der Waals surface area contributed by atoms with E-state index in [1.165, 1.54) is 19.2 Å². The Balaban J connectivity index is 1.25. The largest absolute Gasteiger partial charge is 0.491 e. The lowest BCUT2D eigenvalue weighted by Crippen LogP contribution is -2.32. The van der Waals surface area contributed by atoms with Crippen LogP contribution >= 0.6 is 0 Å². The third-order valence-corrected chi connectivity index (χ3v) is 6.62. The van der Waals surface area contributed by atoms with Crippen LogP contribution in [0.4, 0.5) is 0 Å². The van der Waals surface area contributed by atoms with Crippen LogP contribution in [0.3, 0.4) is 0 Å². The Kier molecular flexibility index (Phi) is 9.87. The van der Waals surface area contributed by atoms with Gasteiger partial charge in [-0.05, 0) is 30.7 Å². The van der Waals surface area contributed by atoms with E-state index in [1.807, 2.05) is 12.1 Å². The SMILES string of the molecule is COC(=O)COc1ccc(CCNCC(O)COc2cc3c4c(=O)c(c(-c5ccccc5)oc4c2)OC(=O)/C=C\C(=O)O3)cc1. The number of hydrogen-bond acceptors (Lipinski definition) is 12. The Bertz CT molecular complexity index is 1780. The Morgan fingerprint density at radius 1 is 0.911 bits per heavy atom. The first-order valence-electron chi connectivity index (χ1n) is 13.9. The molecule has 0 spiro atoms. The maximum Gasteiger partial charge on any atom is 0.343 e. The van der Waals surface area contributed by atoms with Crippen molar-refractivity contribution in [3.63, 3.8) is 0 Å². The number of nitrogens with one attached hydrogen (secondary N) is 1. The molecule has 1 aromatic heterocycles. The van der Waals surface area contributed by atoms with Gasteiger partial charge in [0.1, 0.15) is 40.9 Å². The zero-order valence-corrected chi connectivity index (χ0v) is 24.1. The fourth-order valence-corrected chi connectivity index (χ4v) is 4.40. The summed E-state index contributed by atoms with van der Waals surface area (Å²) in [5.41, 5.74) is 0.828. The van der Waals surface area contributed by atoms with Crippen molar-refractivity contribution in [3.8, 4) is 34.3 Å². The van der Waals surface area contributed by atoms with E-state index in [2.05, 4.69) is 10.1 Å². The number of rotatable bonds is 12. The van der Waals surface area contributed by atoms with Crippen molar-refractivity contribution >= 4 is 28.9 Å². The van der Waals surface area contributed by atoms with Crippen molar-refractivity contribution in [1.29, 1.82) is 0 Å². The average molecular weight is 616 g/mol. The van der Waals surface area contributed by atoms with Crippen molar-refractivity contribution in [2.24, 2.45) is 0 Å². The fraction of sp³-hybridized carbons (Fsp3) is 0.212. The minimum absolute atomic E-state index is 0.0115. The van der Waals surface area contributed by atoms with Gasteiger partial charge >= 0.3 is 17.9 Å². The van der Waals surface area contributed by atoms with Crippen LogP contribution in [-0.2, 0) is 25.5 Å². The second kappa shape index (κ2) is 14.3. The first-order valence-corrected chi connectivity index (χ1v) is 13.9. The van der Waals surface area contributed by atoms with Crippen LogP contribution in [0.25, 0.3) is 22.3 Å². The van der Waals surface area contributed by atoms with Crippen LogP contribution in [0, 0.1) is 0 Å². The van der Waals surface area contributed by atoms with Crippen LogP contribution in [0.1, 0.15) is 5.56 Å². The highest BCUT2D eigenvalue weighted by Crippen LogP contribution is 2.37. The van der Waals surface area contributed by atoms with Gasteiger partial charge in [-0.2, -0.15) is 0 Å². The molecule has 0 saturated heterocycles. The molecule has 0 saturated carbocycles. The highest BCUT2D eigenvalue weighted by Gasteiger charge is 2.25. The number of benzene rings is 3. The van der Waals surface area contributed by atoms with Crippen molar-refractivity contribution in [2.45, 2.75) is 12.5 Å². The second-order valence-corrected chi connectivity index (χ2v) is 9.85. The molecule has 2 N–H and O–H groups in total. The molecule has 2 heterocycles. The normalized spacial score (nSPS) is 13.9. The van der Waals surface area contributed by atoms with E-state index in [4.69, 9.17) is 23.4 Å². The van der Waals surface area contributed by atoms with Crippen molar-refractivity contribution in [1.82, 2.24) is 5.32 Å². The zero-order chi connectivity index (χ0) is 31.8. The Morgan fingerprint density at radius 3 is 2.38 bits per heavy atom. The van der Waals surface area contributed by atoms with E-state index in [9.17, 15) is 24.3 Å². The summed E-state index contributed by atoms with van der Waals surface area (Å²) in [5, 5.41) is 13.6. The van der Waals surface area contributed by atoms with Crippen LogP contribution in [0.15, 0.2) is 88.1 Å². The molecule has 1 aliphatic rings. The minimum Gasteiger partial charge on any atom is -0.491 e. The number of carbonyl (C=O) groups excluding carboxylic acids is 3. The number of methoxy groups -OCH3 is 1. The summed E-state index contributed by atoms with van der Waals surface area (Å²) in [7, 11) is 1.29. The molecule has 5 rings (SSSR count). The van der Waals surface area contributed by atoms with E-state index in [0.29, 0.717) is 24.3 Å². The van der Waals surface area contributed by atoms with Crippen LogP contribution < -0.4 is 29.7 Å². The molecule has 232 valence electrons. The lowest BCUT2D eigenvalue weighted by molar-refractivity contribution is -0.143. The summed E-state index contributed by atoms with van der Waals surface area (Å²) in [5.74, 6) is -2.08. The van der Waals surface area contributed by atoms with Crippen LogP contribution in [0.5, 0.6) is 23.0 Å². The molecular weight excluding hydrogens is 586 g/mol. The van der Waals surface area contributed by atoms with E-state index in [1.54, 1.807) is 42.5 Å². The predicted octanol–water partition coefficient (Wildman–Crippen LogP) is 2.96. The smallest absolute Gasteiger partial charge is 0.343 e. The molecule has 0 aliphatic carbocycles. The highest BCUT2D eigenvalue weighted by atomic mass is 16.6. The third kappa shape index (κ3) is 7.93. The van der Waals surface area contributed by atoms with Gasteiger partial charge in [0.15, 0.2) is 12.4 Å². The van der Waals surface area contributed by atoms with Gasteiger partial charge in [-0.25, -0.2) is 14.4 Å². The van der Waals surface area contributed by atoms with Crippen LogP contribution in [0.2, 0.25) is 0 Å². The topological polar surface area (TPSA) is 160 Å². The molecule has 12 nitrogen and oxygen atoms in total. The fourth-order valence-electron chi connectivity index (χ4n) is 4.40. The van der Waals surface area contributed by atoms with Gasteiger partial charge in [-0.1, -0.05) is 42.5 Å². The van der Waals surface area contributed by atoms with Gasteiger partial charge in [0.05, 0.1) is 7.11 Å². The van der Waals surface area contributed by atoms with Gasteiger partial charge in [0, 0.05) is 36.4 Å². The third-order valence-electron chi connectivity index (χ3n) is 6.62. The molecule has 2 bridgehead atoms. The number of fused-ring (bicyclic) bond motifs is 1. The minimum atomic E-state index is -0.943. The predicted molar refractivity (Wildman–Crippen MR) is 160 cm³/mol. The molecular formula is C33H29NO11. The maximum atomic E-state index is 13.5. The number of aliphatic hydroxyl groups excluding tert-OH is 1. The molecule has 1 atom stereocenters. The summed E-state index contributed by atoms with van der Waals surface area (Å²) in [6, 6.07) is 18.7. The molecule has 4 aromatic rings. The molecule has 3 aromatic carbocycles. The molecule has 0 radical (unpaired) electrons. The van der Waals surface area contributed by atoms with E-state index in [0.717, 1.165) is 17.7 Å². The van der Waals surface area contributed by atoms with Gasteiger partial charge < -0.3 is 38.5 Å². The van der Waals surface area contributed by atoms with E-state index >= 15 is 0 Å². The molecule has 12 heteroatoms. The second-order valence-electron chi connectivity index (χ2n) is 9.85. The average Bonchev–Trinajstić information content (AvgIpc) is 3.05. The molecule has 0 fully saturated rings. The summed E-state index contributed by atoms with van der Waals surface area (Å²) in [6.07, 6.45) is 1.52. The Hall–Kier alpha value is -5.46.